The molecule has 0 radical (unpaired) electrons. The number of carboxylic acids is 1. The molecule has 8 heteroatoms. The molecule has 1 unspecified atom stereocenters. The Morgan fingerprint density at radius 2 is 1.80 bits per heavy atom. The Morgan fingerprint density at radius 3 is 2.20 bits per heavy atom. The Hall–Kier alpha value is -1.15. The molecule has 2 N–H and O–H groups in total. The van der Waals surface area contributed by atoms with Crippen molar-refractivity contribution in [2.24, 2.45) is 5.92 Å². The number of hydrogen-bond acceptors (Lipinski definition) is 4. The van der Waals surface area contributed by atoms with Gasteiger partial charge >= 0.3 is 5.97 Å². The summed E-state index contributed by atoms with van der Waals surface area (Å²) in [6.45, 7) is 3.79. The average molecular weight is 308 g/mol. The zero-order chi connectivity index (χ0) is 15.9. The largest absolute Gasteiger partial charge is 0.481 e. The van der Waals surface area contributed by atoms with Crippen molar-refractivity contribution in [2.45, 2.75) is 39.2 Å². The van der Waals surface area contributed by atoms with Gasteiger partial charge in [0.1, 0.15) is 6.04 Å². The fourth-order valence-electron chi connectivity index (χ4n) is 1.67. The Labute approximate surface area is 120 Å². The van der Waals surface area contributed by atoms with Crippen molar-refractivity contribution in [1.29, 1.82) is 0 Å². The maximum absolute atomic E-state index is 11.9. The average Bonchev–Trinajstić information content (AvgIpc) is 2.24. The molecule has 0 saturated carbocycles. The molecule has 0 aliphatic heterocycles. The van der Waals surface area contributed by atoms with Crippen LogP contribution in [0.1, 0.15) is 33.1 Å². The molecule has 1 atom stereocenters. The minimum Gasteiger partial charge on any atom is -0.481 e. The van der Waals surface area contributed by atoms with Gasteiger partial charge in [0.2, 0.25) is 15.9 Å². The third kappa shape index (κ3) is 8.11. The van der Waals surface area contributed by atoms with Gasteiger partial charge in [-0.2, -0.15) is 0 Å². The van der Waals surface area contributed by atoms with Crippen molar-refractivity contribution < 1.29 is 23.1 Å². The Balaban J connectivity index is 4.70. The van der Waals surface area contributed by atoms with Crippen molar-refractivity contribution in [3.63, 3.8) is 0 Å². The lowest BCUT2D eigenvalue weighted by atomic mass is 10.0. The predicted octanol–water partition coefficient (Wildman–Crippen LogP) is 0.274. The Morgan fingerprint density at radius 1 is 1.25 bits per heavy atom. The molecule has 1 amide bonds. The van der Waals surface area contributed by atoms with Crippen molar-refractivity contribution >= 4 is 21.9 Å². The molecule has 0 aromatic carbocycles. The van der Waals surface area contributed by atoms with E-state index in [9.17, 15) is 18.0 Å². The smallest absolute Gasteiger partial charge is 0.303 e. The molecule has 0 bridgehead atoms. The molecule has 0 rings (SSSR count). The first-order valence-electron chi connectivity index (χ1n) is 6.48. The number of aliphatic carboxylic acids is 1. The summed E-state index contributed by atoms with van der Waals surface area (Å²) in [6.07, 6.45) is 0.210. The van der Waals surface area contributed by atoms with Gasteiger partial charge < -0.3 is 10.0 Å². The van der Waals surface area contributed by atoms with Crippen LogP contribution in [0.5, 0.6) is 0 Å². The van der Waals surface area contributed by atoms with Crippen LogP contribution >= 0.6 is 0 Å². The molecule has 0 aliphatic carbocycles. The molecule has 118 valence electrons. The molecular formula is C12H24N2O5S. The number of carboxylic acid groups (broad SMARTS) is 1. The van der Waals surface area contributed by atoms with E-state index in [1.807, 2.05) is 13.8 Å². The van der Waals surface area contributed by atoms with Crippen molar-refractivity contribution in [3.05, 3.63) is 0 Å². The highest BCUT2D eigenvalue weighted by atomic mass is 32.2. The highest BCUT2D eigenvalue weighted by Crippen LogP contribution is 2.09. The summed E-state index contributed by atoms with van der Waals surface area (Å²) in [5, 5.41) is 8.50. The monoisotopic (exact) mass is 308 g/mol. The van der Waals surface area contributed by atoms with E-state index in [0.717, 1.165) is 0 Å². The second-order valence-electron chi connectivity index (χ2n) is 5.35. The van der Waals surface area contributed by atoms with Crippen molar-refractivity contribution in [2.75, 3.05) is 19.8 Å². The fraction of sp³-hybridized carbons (Fsp3) is 0.833. The van der Waals surface area contributed by atoms with Crippen LogP contribution < -0.4 is 4.72 Å². The highest BCUT2D eigenvalue weighted by Gasteiger charge is 2.26. The number of amides is 1. The Bertz CT molecular complexity index is 431. The number of hydrogen-bond donors (Lipinski definition) is 2. The lowest BCUT2D eigenvalue weighted by Crippen LogP contribution is -2.47. The normalized spacial score (nSPS) is 13.2. The molecule has 0 aliphatic rings. The first-order chi connectivity index (χ1) is 9.05. The molecule has 0 aromatic rings. The van der Waals surface area contributed by atoms with Crippen LogP contribution in [0.4, 0.5) is 0 Å². The van der Waals surface area contributed by atoms with Gasteiger partial charge in [0.25, 0.3) is 0 Å². The maximum atomic E-state index is 11.9. The van der Waals surface area contributed by atoms with Gasteiger partial charge in [-0.1, -0.05) is 13.8 Å². The number of likely N-dealkylation sites (N-methyl/N-ethyl adjacent to an activating group) is 1. The first-order valence-corrected chi connectivity index (χ1v) is 8.13. The second-order valence-corrected chi connectivity index (χ2v) is 7.22. The van der Waals surface area contributed by atoms with Crippen LogP contribution in [0.2, 0.25) is 0 Å². The zero-order valence-electron chi connectivity index (χ0n) is 12.4. The van der Waals surface area contributed by atoms with Crippen LogP contribution in [-0.4, -0.2) is 56.2 Å². The number of nitrogens with one attached hydrogen (secondary N) is 1. The van der Waals surface area contributed by atoms with Gasteiger partial charge in [-0.05, 0) is 18.8 Å². The van der Waals surface area contributed by atoms with Gasteiger partial charge in [0.05, 0.1) is 5.75 Å². The summed E-state index contributed by atoms with van der Waals surface area (Å²) in [6, 6.07) is -0.806. The molecule has 0 spiro atoms. The van der Waals surface area contributed by atoms with Crippen LogP contribution in [0.15, 0.2) is 0 Å². The van der Waals surface area contributed by atoms with Gasteiger partial charge in [-0.3, -0.25) is 9.59 Å². The fourth-order valence-corrected chi connectivity index (χ4v) is 2.94. The van der Waals surface area contributed by atoms with E-state index in [2.05, 4.69) is 4.72 Å². The topological polar surface area (TPSA) is 104 Å². The van der Waals surface area contributed by atoms with E-state index in [4.69, 9.17) is 5.11 Å². The lowest BCUT2D eigenvalue weighted by molar-refractivity contribution is -0.137. The first kappa shape index (κ1) is 18.9. The van der Waals surface area contributed by atoms with Gasteiger partial charge in [-0.15, -0.1) is 0 Å². The van der Waals surface area contributed by atoms with E-state index in [-0.39, 0.29) is 30.4 Å². The molecule has 7 nitrogen and oxygen atoms in total. The van der Waals surface area contributed by atoms with Crippen LogP contribution in [0, 0.1) is 5.92 Å². The number of rotatable bonds is 9. The van der Waals surface area contributed by atoms with E-state index in [1.165, 1.54) is 4.90 Å². The van der Waals surface area contributed by atoms with E-state index < -0.39 is 22.0 Å². The van der Waals surface area contributed by atoms with E-state index >= 15 is 0 Å². The quantitative estimate of drug-likeness (QED) is 0.636. The van der Waals surface area contributed by atoms with E-state index in [0.29, 0.717) is 6.42 Å². The maximum Gasteiger partial charge on any atom is 0.303 e. The minimum absolute atomic E-state index is 0.0230. The molecule has 0 saturated heterocycles. The number of nitrogens with zero attached hydrogens (tertiary/aromatic N) is 1. The third-order valence-electron chi connectivity index (χ3n) is 2.57. The summed E-state index contributed by atoms with van der Waals surface area (Å²) in [4.78, 5) is 23.7. The van der Waals surface area contributed by atoms with Gasteiger partial charge in [0.15, 0.2) is 0 Å². The predicted molar refractivity (Wildman–Crippen MR) is 75.7 cm³/mol. The van der Waals surface area contributed by atoms with Crippen molar-refractivity contribution in [3.8, 4) is 0 Å². The number of carbonyl (C=O) groups excluding carboxylic acids is 1. The SMILES string of the molecule is CC(C)CC(NS(=O)(=O)CCCC(=O)O)C(=O)N(C)C. The van der Waals surface area contributed by atoms with Crippen LogP contribution in [0.25, 0.3) is 0 Å². The highest BCUT2D eigenvalue weighted by molar-refractivity contribution is 7.89. The summed E-state index contributed by atoms with van der Waals surface area (Å²) >= 11 is 0. The third-order valence-corrected chi connectivity index (χ3v) is 4.04. The Kier molecular flexibility index (Phi) is 7.74. The van der Waals surface area contributed by atoms with Crippen LogP contribution in [0.3, 0.4) is 0 Å². The van der Waals surface area contributed by atoms with E-state index in [1.54, 1.807) is 14.1 Å². The van der Waals surface area contributed by atoms with Crippen molar-refractivity contribution in [1.82, 2.24) is 9.62 Å². The van der Waals surface area contributed by atoms with Crippen LogP contribution in [-0.2, 0) is 19.6 Å². The molecule has 20 heavy (non-hydrogen) atoms. The molecule has 0 heterocycles. The summed E-state index contributed by atoms with van der Waals surface area (Å²) in [5.41, 5.74) is 0. The lowest BCUT2D eigenvalue weighted by Gasteiger charge is -2.23. The van der Waals surface area contributed by atoms with Gasteiger partial charge in [0, 0.05) is 20.5 Å². The summed E-state index contributed by atoms with van der Waals surface area (Å²) in [7, 11) is -0.534. The second kappa shape index (κ2) is 8.21. The molecule has 0 fully saturated rings. The molecular weight excluding hydrogens is 284 g/mol. The summed E-state index contributed by atoms with van der Waals surface area (Å²) in [5.74, 6) is -1.48. The molecule has 0 aromatic heterocycles. The number of carbonyl (C=O) groups is 2. The minimum atomic E-state index is -3.66. The number of sulfonamides is 1. The standard InChI is InChI=1S/C12H24N2O5S/c1-9(2)8-10(12(17)14(3)4)13-20(18,19)7-5-6-11(15)16/h9-10,13H,5-8H2,1-4H3,(H,15,16). The van der Waals surface area contributed by atoms with Gasteiger partial charge in [-0.25, -0.2) is 13.1 Å². The summed E-state index contributed by atoms with van der Waals surface area (Å²) < 4.78 is 26.1. The zero-order valence-corrected chi connectivity index (χ0v) is 13.2.